The van der Waals surface area contributed by atoms with Crippen LogP contribution >= 0.6 is 11.3 Å². The van der Waals surface area contributed by atoms with Crippen molar-refractivity contribution in [2.75, 3.05) is 7.05 Å². The molecular formula is C10H16N2O2S. The molecule has 1 aromatic heterocycles. The third kappa shape index (κ3) is 4.40. The lowest BCUT2D eigenvalue weighted by Gasteiger charge is -2.16. The molecule has 1 N–H and O–H groups in total. The molecule has 0 aliphatic heterocycles. The highest BCUT2D eigenvalue weighted by Crippen LogP contribution is 2.06. The Bertz CT molecular complexity index is 298. The Labute approximate surface area is 93.6 Å². The minimum absolute atomic E-state index is 0.0453. The topological polar surface area (TPSA) is 53.4 Å². The second kappa shape index (κ2) is 5.82. The van der Waals surface area contributed by atoms with Gasteiger partial charge in [0.1, 0.15) is 0 Å². The number of rotatable bonds is 5. The summed E-state index contributed by atoms with van der Waals surface area (Å²) in [6.45, 7) is 2.23. The number of aliphatic hydroxyl groups excluding tert-OH is 1. The maximum absolute atomic E-state index is 11.6. The van der Waals surface area contributed by atoms with Crippen LogP contribution in [-0.4, -0.2) is 34.0 Å². The fourth-order valence-electron chi connectivity index (χ4n) is 1.17. The highest BCUT2D eigenvalue weighted by atomic mass is 32.1. The Morgan fingerprint density at radius 2 is 2.47 bits per heavy atom. The maximum atomic E-state index is 11.6. The molecule has 0 aromatic carbocycles. The molecule has 0 saturated heterocycles. The number of amides is 1. The molecule has 0 radical (unpaired) electrons. The number of carbonyl (C=O) groups excluding carboxylic acids is 1. The zero-order valence-corrected chi connectivity index (χ0v) is 9.83. The molecule has 84 valence electrons. The van der Waals surface area contributed by atoms with Gasteiger partial charge in [-0.2, -0.15) is 0 Å². The van der Waals surface area contributed by atoms with E-state index in [2.05, 4.69) is 4.98 Å². The number of hydrogen-bond acceptors (Lipinski definition) is 4. The van der Waals surface area contributed by atoms with Crippen molar-refractivity contribution in [3.8, 4) is 0 Å². The predicted molar refractivity (Wildman–Crippen MR) is 59.5 cm³/mol. The van der Waals surface area contributed by atoms with E-state index in [9.17, 15) is 4.79 Å². The van der Waals surface area contributed by atoms with E-state index in [0.717, 1.165) is 5.69 Å². The number of nitrogens with zero attached hydrogens (tertiary/aromatic N) is 2. The molecule has 1 amide bonds. The van der Waals surface area contributed by atoms with Crippen molar-refractivity contribution in [3.63, 3.8) is 0 Å². The normalized spacial score (nSPS) is 12.5. The van der Waals surface area contributed by atoms with E-state index < -0.39 is 6.10 Å². The number of carbonyl (C=O) groups is 1. The fourth-order valence-corrected chi connectivity index (χ4v) is 1.72. The molecule has 15 heavy (non-hydrogen) atoms. The van der Waals surface area contributed by atoms with Crippen molar-refractivity contribution in [1.29, 1.82) is 0 Å². The van der Waals surface area contributed by atoms with Gasteiger partial charge >= 0.3 is 0 Å². The summed E-state index contributed by atoms with van der Waals surface area (Å²) in [6.07, 6.45) is 0.486. The van der Waals surface area contributed by atoms with Crippen LogP contribution in [0.2, 0.25) is 0 Å². The Kier molecular flexibility index (Phi) is 4.71. The van der Waals surface area contributed by atoms with Crippen LogP contribution in [0.5, 0.6) is 0 Å². The average molecular weight is 228 g/mol. The SMILES string of the molecule is CC(O)CCC(=O)N(C)Cc1cscn1. The van der Waals surface area contributed by atoms with Crippen LogP contribution < -0.4 is 0 Å². The van der Waals surface area contributed by atoms with Gasteiger partial charge in [0.15, 0.2) is 0 Å². The van der Waals surface area contributed by atoms with Crippen LogP contribution in [0.3, 0.4) is 0 Å². The molecule has 0 fully saturated rings. The molecule has 1 unspecified atom stereocenters. The van der Waals surface area contributed by atoms with E-state index in [1.165, 1.54) is 11.3 Å². The Morgan fingerprint density at radius 1 is 1.73 bits per heavy atom. The van der Waals surface area contributed by atoms with E-state index in [1.807, 2.05) is 5.38 Å². The van der Waals surface area contributed by atoms with Crippen molar-refractivity contribution >= 4 is 17.2 Å². The van der Waals surface area contributed by atoms with Crippen LogP contribution in [0.15, 0.2) is 10.9 Å². The Balaban J connectivity index is 2.33. The van der Waals surface area contributed by atoms with Gasteiger partial charge in [0.05, 0.1) is 23.9 Å². The lowest BCUT2D eigenvalue weighted by molar-refractivity contribution is -0.131. The second-order valence-electron chi connectivity index (χ2n) is 3.62. The molecule has 0 aliphatic rings. The first-order valence-electron chi connectivity index (χ1n) is 4.88. The van der Waals surface area contributed by atoms with Gasteiger partial charge in [0, 0.05) is 18.8 Å². The summed E-state index contributed by atoms with van der Waals surface area (Å²) in [5.41, 5.74) is 2.66. The summed E-state index contributed by atoms with van der Waals surface area (Å²) in [5, 5.41) is 11.0. The van der Waals surface area contributed by atoms with E-state index >= 15 is 0 Å². The van der Waals surface area contributed by atoms with Crippen LogP contribution in [0, 0.1) is 0 Å². The number of hydrogen-bond donors (Lipinski definition) is 1. The van der Waals surface area contributed by atoms with Gasteiger partial charge in [0.25, 0.3) is 0 Å². The number of thiazole rings is 1. The van der Waals surface area contributed by atoms with Crippen molar-refractivity contribution < 1.29 is 9.90 Å². The average Bonchev–Trinajstić information content (AvgIpc) is 2.66. The first-order valence-corrected chi connectivity index (χ1v) is 5.83. The van der Waals surface area contributed by atoms with Crippen LogP contribution in [-0.2, 0) is 11.3 Å². The first-order chi connectivity index (χ1) is 7.09. The minimum atomic E-state index is -0.415. The van der Waals surface area contributed by atoms with Gasteiger partial charge in [-0.25, -0.2) is 4.98 Å². The molecule has 0 bridgehead atoms. The van der Waals surface area contributed by atoms with E-state index in [0.29, 0.717) is 19.4 Å². The van der Waals surface area contributed by atoms with E-state index in [-0.39, 0.29) is 5.91 Å². The molecular weight excluding hydrogens is 212 g/mol. The predicted octanol–water partition coefficient (Wildman–Crippen LogP) is 1.26. The first kappa shape index (κ1) is 12.1. The molecule has 1 heterocycles. The highest BCUT2D eigenvalue weighted by Gasteiger charge is 2.10. The quantitative estimate of drug-likeness (QED) is 0.825. The standard InChI is InChI=1S/C10H16N2O2S/c1-8(13)3-4-10(14)12(2)5-9-6-15-7-11-9/h6-8,13H,3-5H2,1-2H3. The Morgan fingerprint density at radius 3 is 3.00 bits per heavy atom. The smallest absolute Gasteiger partial charge is 0.222 e. The van der Waals surface area contributed by atoms with Crippen LogP contribution in [0.25, 0.3) is 0 Å². The van der Waals surface area contributed by atoms with Crippen molar-refractivity contribution in [2.45, 2.75) is 32.4 Å². The number of aliphatic hydroxyl groups is 1. The third-order valence-corrected chi connectivity index (χ3v) is 2.72. The fraction of sp³-hybridized carbons (Fsp3) is 0.600. The molecule has 4 nitrogen and oxygen atoms in total. The zero-order valence-electron chi connectivity index (χ0n) is 9.01. The molecule has 1 atom stereocenters. The highest BCUT2D eigenvalue weighted by molar-refractivity contribution is 7.07. The summed E-state index contributed by atoms with van der Waals surface area (Å²) in [7, 11) is 1.75. The van der Waals surface area contributed by atoms with Gasteiger partial charge in [0.2, 0.25) is 5.91 Å². The van der Waals surface area contributed by atoms with Crippen molar-refractivity contribution in [3.05, 3.63) is 16.6 Å². The minimum Gasteiger partial charge on any atom is -0.393 e. The van der Waals surface area contributed by atoms with Gasteiger partial charge in [-0.1, -0.05) is 0 Å². The summed E-state index contributed by atoms with van der Waals surface area (Å²) in [6, 6.07) is 0. The van der Waals surface area contributed by atoms with Gasteiger partial charge in [-0.15, -0.1) is 11.3 Å². The van der Waals surface area contributed by atoms with Gasteiger partial charge in [-0.3, -0.25) is 4.79 Å². The third-order valence-electron chi connectivity index (χ3n) is 2.08. The molecule has 0 aliphatic carbocycles. The summed E-state index contributed by atoms with van der Waals surface area (Å²) in [4.78, 5) is 17.3. The van der Waals surface area contributed by atoms with Crippen molar-refractivity contribution in [2.24, 2.45) is 0 Å². The summed E-state index contributed by atoms with van der Waals surface area (Å²) < 4.78 is 0. The molecule has 0 saturated carbocycles. The summed E-state index contributed by atoms with van der Waals surface area (Å²) in [5.74, 6) is 0.0453. The Hall–Kier alpha value is -0.940. The van der Waals surface area contributed by atoms with Crippen molar-refractivity contribution in [1.82, 2.24) is 9.88 Å². The second-order valence-corrected chi connectivity index (χ2v) is 4.34. The lowest BCUT2D eigenvalue weighted by Crippen LogP contribution is -2.26. The molecule has 1 aromatic rings. The number of aromatic nitrogens is 1. The summed E-state index contributed by atoms with van der Waals surface area (Å²) >= 11 is 1.52. The largest absolute Gasteiger partial charge is 0.393 e. The maximum Gasteiger partial charge on any atom is 0.222 e. The van der Waals surface area contributed by atoms with Crippen LogP contribution in [0.4, 0.5) is 0 Å². The van der Waals surface area contributed by atoms with Crippen LogP contribution in [0.1, 0.15) is 25.5 Å². The van der Waals surface area contributed by atoms with E-state index in [4.69, 9.17) is 5.11 Å². The lowest BCUT2D eigenvalue weighted by atomic mass is 10.2. The molecule has 1 rings (SSSR count). The monoisotopic (exact) mass is 228 g/mol. The molecule has 0 spiro atoms. The zero-order chi connectivity index (χ0) is 11.3. The van der Waals surface area contributed by atoms with Gasteiger partial charge < -0.3 is 10.0 Å². The molecule has 5 heteroatoms. The van der Waals surface area contributed by atoms with E-state index in [1.54, 1.807) is 24.4 Å². The van der Waals surface area contributed by atoms with Gasteiger partial charge in [-0.05, 0) is 13.3 Å².